The fourth-order valence-corrected chi connectivity index (χ4v) is 0.984. The maximum atomic E-state index is 12.7. The lowest BCUT2D eigenvalue weighted by Crippen LogP contribution is -2.47. The van der Waals surface area contributed by atoms with Crippen molar-refractivity contribution in [2.75, 3.05) is 0 Å². The van der Waals surface area contributed by atoms with Crippen LogP contribution in [0, 0.1) is 0 Å². The molecular weight excluding hydrogens is 277 g/mol. The van der Waals surface area contributed by atoms with Gasteiger partial charge in [0.15, 0.2) is 0 Å². The molecule has 0 aromatic carbocycles. The molecule has 1 atom stereocenters. The van der Waals surface area contributed by atoms with Crippen LogP contribution >= 0.6 is 0 Å². The highest BCUT2D eigenvalue weighted by Gasteiger charge is 2.58. The summed E-state index contributed by atoms with van der Waals surface area (Å²) in [6, 6.07) is -1.99. The van der Waals surface area contributed by atoms with E-state index in [9.17, 15) is 31.5 Å². The van der Waals surface area contributed by atoms with Crippen LogP contribution in [0.2, 0.25) is 0 Å². The maximum Gasteiger partial charge on any atom is 0.453 e. The molecule has 0 bridgehead atoms. The first kappa shape index (κ1) is 17.6. The minimum atomic E-state index is -5.79. The Morgan fingerprint density at radius 2 is 1.68 bits per heavy atom. The highest BCUT2D eigenvalue weighted by Crippen LogP contribution is 2.38. The van der Waals surface area contributed by atoms with Crippen LogP contribution in [0.5, 0.6) is 0 Å². The first-order valence-corrected chi connectivity index (χ1v) is 5.18. The normalized spacial score (nSPS) is 14.7. The van der Waals surface area contributed by atoms with Crippen LogP contribution in [0.3, 0.4) is 0 Å². The topological polar surface area (TPSA) is 55.4 Å². The van der Waals surface area contributed by atoms with Crippen molar-refractivity contribution < 1.29 is 36.3 Å². The Hall–Kier alpha value is -1.41. The first-order chi connectivity index (χ1) is 8.28. The molecule has 0 aliphatic carbocycles. The van der Waals surface area contributed by atoms with Gasteiger partial charge < -0.3 is 14.8 Å². The summed E-state index contributed by atoms with van der Waals surface area (Å²) in [5.41, 5.74) is -0.968. The third kappa shape index (κ3) is 6.35. The summed E-state index contributed by atoms with van der Waals surface area (Å²) in [6.45, 7) is 4.40. The van der Waals surface area contributed by atoms with Gasteiger partial charge in [-0.3, -0.25) is 0 Å². The smallest absolute Gasteiger partial charge is 0.444 e. The Morgan fingerprint density at radius 3 is 2.00 bits per heavy atom. The fraction of sp³-hybridized carbons (Fsp3) is 0.800. The Bertz CT molecular complexity index is 335. The number of amides is 1. The van der Waals surface area contributed by atoms with Crippen LogP contribution < -0.4 is 5.32 Å². The van der Waals surface area contributed by atoms with E-state index in [2.05, 4.69) is 4.74 Å². The van der Waals surface area contributed by atoms with Crippen molar-refractivity contribution in [3.63, 3.8) is 0 Å². The lowest BCUT2D eigenvalue weighted by atomic mass is 10.1. The van der Waals surface area contributed by atoms with Gasteiger partial charge in [0.1, 0.15) is 11.9 Å². The lowest BCUT2D eigenvalue weighted by Gasteiger charge is -2.24. The molecule has 0 rings (SSSR count). The van der Waals surface area contributed by atoms with Crippen molar-refractivity contribution >= 4 is 12.4 Å². The Labute approximate surface area is 106 Å². The second-order valence-corrected chi connectivity index (χ2v) is 4.80. The van der Waals surface area contributed by atoms with Gasteiger partial charge in [-0.1, -0.05) is 0 Å². The summed E-state index contributed by atoms with van der Waals surface area (Å²) >= 11 is 0. The Morgan fingerprint density at radius 1 is 1.21 bits per heavy atom. The predicted molar refractivity (Wildman–Crippen MR) is 54.8 cm³/mol. The molecule has 0 aromatic heterocycles. The number of hydrogen-bond acceptors (Lipinski definition) is 3. The second kappa shape index (κ2) is 5.70. The Balaban J connectivity index is 4.62. The summed E-state index contributed by atoms with van der Waals surface area (Å²) < 4.78 is 65.8. The third-order valence-corrected chi connectivity index (χ3v) is 1.76. The van der Waals surface area contributed by atoms with Gasteiger partial charge in [-0.15, -0.1) is 0 Å². The fourth-order valence-electron chi connectivity index (χ4n) is 0.984. The van der Waals surface area contributed by atoms with Gasteiger partial charge in [-0.05, 0) is 20.8 Å². The number of hydrogen-bond donors (Lipinski definition) is 1. The van der Waals surface area contributed by atoms with Gasteiger partial charge in [0.25, 0.3) is 0 Å². The van der Waals surface area contributed by atoms with Crippen molar-refractivity contribution in [3.8, 4) is 0 Å². The molecule has 0 heterocycles. The third-order valence-electron chi connectivity index (χ3n) is 1.76. The molecule has 1 amide bonds. The zero-order valence-corrected chi connectivity index (χ0v) is 10.5. The minimum Gasteiger partial charge on any atom is -0.444 e. The Kier molecular flexibility index (Phi) is 5.28. The van der Waals surface area contributed by atoms with E-state index in [1.54, 1.807) is 5.32 Å². The van der Waals surface area contributed by atoms with Crippen LogP contribution in [0.25, 0.3) is 0 Å². The molecule has 0 aromatic rings. The highest BCUT2D eigenvalue weighted by atomic mass is 19.4. The summed E-state index contributed by atoms with van der Waals surface area (Å²) in [5, 5.41) is 1.64. The van der Waals surface area contributed by atoms with E-state index in [-0.39, 0.29) is 6.29 Å². The lowest BCUT2D eigenvalue weighted by molar-refractivity contribution is -0.285. The molecule has 9 heteroatoms. The number of nitrogens with one attached hydrogen (secondary N) is 1. The summed E-state index contributed by atoms with van der Waals surface area (Å²) in [7, 11) is 0. The van der Waals surface area contributed by atoms with Crippen molar-refractivity contribution in [2.24, 2.45) is 0 Å². The summed E-state index contributed by atoms with van der Waals surface area (Å²) in [6.07, 6.45) is -9.12. The number of alkyl carbamates (subject to hydrolysis) is 1. The zero-order valence-electron chi connectivity index (χ0n) is 10.5. The minimum absolute atomic E-state index is 0.205. The monoisotopic (exact) mass is 291 g/mol. The van der Waals surface area contributed by atoms with Gasteiger partial charge in [0, 0.05) is 6.42 Å². The molecule has 4 nitrogen and oxygen atoms in total. The largest absolute Gasteiger partial charge is 0.453 e. The predicted octanol–water partition coefficient (Wildman–Crippen LogP) is 2.67. The molecule has 0 aliphatic heterocycles. The van der Waals surface area contributed by atoms with Gasteiger partial charge >= 0.3 is 18.2 Å². The molecule has 0 saturated heterocycles. The molecule has 1 N–H and O–H groups in total. The number of carbonyl (C=O) groups is 2. The molecule has 0 radical (unpaired) electrons. The number of halogens is 5. The molecule has 0 aliphatic rings. The van der Waals surface area contributed by atoms with Crippen LogP contribution in [-0.2, 0) is 9.53 Å². The van der Waals surface area contributed by atoms with Crippen molar-refractivity contribution in [1.29, 1.82) is 0 Å². The molecule has 19 heavy (non-hydrogen) atoms. The van der Waals surface area contributed by atoms with Crippen molar-refractivity contribution in [3.05, 3.63) is 0 Å². The summed E-state index contributed by atoms with van der Waals surface area (Å²) in [4.78, 5) is 21.6. The van der Waals surface area contributed by atoms with E-state index in [1.807, 2.05) is 0 Å². The zero-order chi connectivity index (χ0) is 15.5. The van der Waals surface area contributed by atoms with E-state index in [1.165, 1.54) is 20.8 Å². The van der Waals surface area contributed by atoms with Gasteiger partial charge in [0.2, 0.25) is 0 Å². The number of aldehydes is 1. The van der Waals surface area contributed by atoms with Gasteiger partial charge in [-0.25, -0.2) is 4.79 Å². The molecule has 112 valence electrons. The number of alkyl halides is 5. The van der Waals surface area contributed by atoms with Crippen LogP contribution in [0.15, 0.2) is 0 Å². The van der Waals surface area contributed by atoms with Gasteiger partial charge in [-0.2, -0.15) is 22.0 Å². The maximum absolute atomic E-state index is 12.7. The van der Waals surface area contributed by atoms with E-state index in [0.29, 0.717) is 0 Å². The van der Waals surface area contributed by atoms with E-state index < -0.39 is 36.3 Å². The SMILES string of the molecule is CC(C)(C)OC(=O)NC(C=O)CC(F)(F)C(F)(F)F. The van der Waals surface area contributed by atoms with E-state index in [4.69, 9.17) is 0 Å². The molecule has 0 saturated carbocycles. The average Bonchev–Trinajstić information content (AvgIpc) is 2.11. The number of rotatable bonds is 4. The molecule has 0 fully saturated rings. The van der Waals surface area contributed by atoms with Crippen LogP contribution in [-0.4, -0.2) is 36.1 Å². The van der Waals surface area contributed by atoms with E-state index >= 15 is 0 Å². The van der Waals surface area contributed by atoms with Crippen LogP contribution in [0.4, 0.5) is 26.7 Å². The van der Waals surface area contributed by atoms with E-state index in [0.717, 1.165) is 0 Å². The highest BCUT2D eigenvalue weighted by molar-refractivity contribution is 5.73. The quantitative estimate of drug-likeness (QED) is 0.640. The van der Waals surface area contributed by atoms with Crippen molar-refractivity contribution in [2.45, 2.75) is 50.9 Å². The van der Waals surface area contributed by atoms with Crippen LogP contribution in [0.1, 0.15) is 27.2 Å². The summed E-state index contributed by atoms with van der Waals surface area (Å²) in [5.74, 6) is -5.08. The average molecular weight is 291 g/mol. The van der Waals surface area contributed by atoms with Crippen molar-refractivity contribution in [1.82, 2.24) is 5.32 Å². The van der Waals surface area contributed by atoms with Gasteiger partial charge in [0.05, 0.1) is 6.04 Å². The second-order valence-electron chi connectivity index (χ2n) is 4.80. The molecule has 1 unspecified atom stereocenters. The number of ether oxygens (including phenoxy) is 1. The molecule has 0 spiro atoms. The standard InChI is InChI=1S/C10H14F5NO3/c1-8(2,3)19-7(18)16-6(5-17)4-9(11,12)10(13,14)15/h5-6H,4H2,1-3H3,(H,16,18). The first-order valence-electron chi connectivity index (χ1n) is 5.18. The number of carbonyl (C=O) groups excluding carboxylic acids is 2. The molecular formula is C10H14F5NO3.